The van der Waals surface area contributed by atoms with Crippen LogP contribution in [-0.2, 0) is 4.79 Å². The molecule has 1 aromatic heterocycles. The Kier molecular flexibility index (Phi) is 4.48. The van der Waals surface area contributed by atoms with Crippen molar-refractivity contribution in [3.8, 4) is 0 Å². The molecule has 122 valence electrons. The lowest BCUT2D eigenvalue weighted by molar-refractivity contribution is -0.116. The summed E-state index contributed by atoms with van der Waals surface area (Å²) in [5, 5.41) is 3.32. The van der Waals surface area contributed by atoms with Crippen LogP contribution in [0.3, 0.4) is 0 Å². The molecule has 0 aliphatic carbocycles. The number of amides is 2. The van der Waals surface area contributed by atoms with Gasteiger partial charge in [0.05, 0.1) is 23.9 Å². The van der Waals surface area contributed by atoms with E-state index >= 15 is 0 Å². The number of carbonyl (C=O) groups excluding carboxylic acids is 2. The minimum atomic E-state index is -0.282. The van der Waals surface area contributed by atoms with E-state index in [-0.39, 0.29) is 18.4 Å². The summed E-state index contributed by atoms with van der Waals surface area (Å²) >= 11 is 5.80. The summed E-state index contributed by atoms with van der Waals surface area (Å²) in [7, 11) is 1.58. The monoisotopic (exact) mass is 342 g/mol. The highest BCUT2D eigenvalue weighted by molar-refractivity contribution is 6.30. The van der Waals surface area contributed by atoms with Gasteiger partial charge in [0.1, 0.15) is 0 Å². The van der Waals surface area contributed by atoms with Gasteiger partial charge in [0, 0.05) is 23.3 Å². The van der Waals surface area contributed by atoms with Crippen LogP contribution in [0.2, 0.25) is 5.02 Å². The highest BCUT2D eigenvalue weighted by atomic mass is 35.5. The van der Waals surface area contributed by atoms with E-state index in [0.29, 0.717) is 16.3 Å². The summed E-state index contributed by atoms with van der Waals surface area (Å²) < 4.78 is 0. The number of imidazole rings is 1. The summed E-state index contributed by atoms with van der Waals surface area (Å²) in [6.07, 6.45) is 1.57. The number of halogens is 1. The molecule has 2 aromatic carbocycles. The molecule has 6 nitrogen and oxygen atoms in total. The van der Waals surface area contributed by atoms with Gasteiger partial charge in [-0.3, -0.25) is 9.59 Å². The lowest BCUT2D eigenvalue weighted by Crippen LogP contribution is -2.34. The zero-order valence-corrected chi connectivity index (χ0v) is 13.7. The van der Waals surface area contributed by atoms with Crippen molar-refractivity contribution in [3.05, 3.63) is 59.4 Å². The predicted octanol–water partition coefficient (Wildman–Crippen LogP) is 2.93. The topological polar surface area (TPSA) is 78.1 Å². The van der Waals surface area contributed by atoms with E-state index < -0.39 is 0 Å². The number of likely N-dealkylation sites (N-methyl/N-ethyl adjacent to an activating group) is 1. The number of hydrogen-bond acceptors (Lipinski definition) is 3. The molecule has 7 heteroatoms. The quantitative estimate of drug-likeness (QED) is 0.765. The van der Waals surface area contributed by atoms with E-state index in [1.54, 1.807) is 55.8 Å². The summed E-state index contributed by atoms with van der Waals surface area (Å²) in [6, 6.07) is 12.0. The molecule has 0 aliphatic rings. The minimum absolute atomic E-state index is 0.0531. The van der Waals surface area contributed by atoms with Crippen LogP contribution in [0.1, 0.15) is 10.4 Å². The number of nitrogens with zero attached hydrogens (tertiary/aromatic N) is 2. The van der Waals surface area contributed by atoms with Crippen LogP contribution in [0.5, 0.6) is 0 Å². The Bertz CT molecular complexity index is 889. The van der Waals surface area contributed by atoms with Crippen molar-refractivity contribution in [2.45, 2.75) is 0 Å². The number of nitrogens with one attached hydrogen (secondary N) is 2. The van der Waals surface area contributed by atoms with Crippen LogP contribution in [0, 0.1) is 0 Å². The van der Waals surface area contributed by atoms with Crippen LogP contribution in [0.25, 0.3) is 11.0 Å². The Hall–Kier alpha value is -2.86. The van der Waals surface area contributed by atoms with E-state index in [9.17, 15) is 9.59 Å². The largest absolute Gasteiger partial charge is 0.345 e. The molecule has 1 heterocycles. The standard InChI is InChI=1S/C17H15ClN4O2/c1-22(9-16(23)21-13-5-3-12(18)4-6-13)17(24)11-2-7-14-15(8-11)20-10-19-14/h2-8,10H,9H2,1H3,(H,19,20)(H,21,23). The second-order valence-electron chi connectivity index (χ2n) is 5.35. The van der Waals surface area contributed by atoms with Gasteiger partial charge in [-0.05, 0) is 42.5 Å². The third kappa shape index (κ3) is 3.55. The molecule has 2 amide bonds. The number of fused-ring (bicyclic) bond motifs is 1. The number of carbonyl (C=O) groups is 2. The molecule has 0 unspecified atom stereocenters. The van der Waals surface area contributed by atoms with Gasteiger partial charge >= 0.3 is 0 Å². The average molecular weight is 343 g/mol. The average Bonchev–Trinajstić information content (AvgIpc) is 3.03. The van der Waals surface area contributed by atoms with Gasteiger partial charge in [-0.2, -0.15) is 0 Å². The lowest BCUT2D eigenvalue weighted by atomic mass is 10.2. The summed E-state index contributed by atoms with van der Waals surface area (Å²) in [4.78, 5) is 32.9. The third-order valence-corrected chi connectivity index (χ3v) is 3.77. The molecular formula is C17H15ClN4O2. The first-order chi connectivity index (χ1) is 11.5. The maximum absolute atomic E-state index is 12.4. The number of aromatic nitrogens is 2. The first-order valence-corrected chi connectivity index (χ1v) is 7.65. The maximum Gasteiger partial charge on any atom is 0.254 e. The van der Waals surface area contributed by atoms with E-state index in [1.807, 2.05) is 0 Å². The fourth-order valence-electron chi connectivity index (χ4n) is 2.31. The smallest absolute Gasteiger partial charge is 0.254 e. The van der Waals surface area contributed by atoms with Gasteiger partial charge in [-0.1, -0.05) is 11.6 Å². The van der Waals surface area contributed by atoms with Gasteiger partial charge in [-0.15, -0.1) is 0 Å². The van der Waals surface area contributed by atoms with E-state index in [1.165, 1.54) is 4.90 Å². The molecule has 0 bridgehead atoms. The summed E-state index contributed by atoms with van der Waals surface area (Å²) in [5.41, 5.74) is 2.69. The lowest BCUT2D eigenvalue weighted by Gasteiger charge is -2.17. The highest BCUT2D eigenvalue weighted by Crippen LogP contribution is 2.14. The van der Waals surface area contributed by atoms with Crippen LogP contribution in [0.15, 0.2) is 48.8 Å². The molecule has 3 rings (SSSR count). The molecular weight excluding hydrogens is 328 g/mol. The molecule has 3 aromatic rings. The van der Waals surface area contributed by atoms with Crippen LogP contribution >= 0.6 is 11.6 Å². The molecule has 24 heavy (non-hydrogen) atoms. The van der Waals surface area contributed by atoms with Crippen molar-refractivity contribution in [3.63, 3.8) is 0 Å². The number of aromatic amines is 1. The summed E-state index contributed by atoms with van der Waals surface area (Å²) in [5.74, 6) is -0.520. The number of rotatable bonds is 4. The van der Waals surface area contributed by atoms with Crippen molar-refractivity contribution in [2.24, 2.45) is 0 Å². The third-order valence-electron chi connectivity index (χ3n) is 3.52. The predicted molar refractivity (Wildman–Crippen MR) is 93.1 cm³/mol. The Balaban J connectivity index is 1.64. The van der Waals surface area contributed by atoms with E-state index in [2.05, 4.69) is 15.3 Å². The van der Waals surface area contributed by atoms with Gasteiger partial charge in [0.15, 0.2) is 0 Å². The Morgan fingerprint density at radius 3 is 2.71 bits per heavy atom. The van der Waals surface area contributed by atoms with Gasteiger partial charge in [0.2, 0.25) is 5.91 Å². The molecule has 2 N–H and O–H groups in total. The zero-order chi connectivity index (χ0) is 17.1. The normalized spacial score (nSPS) is 10.6. The molecule has 0 saturated carbocycles. The fourth-order valence-corrected chi connectivity index (χ4v) is 2.44. The Morgan fingerprint density at radius 2 is 1.96 bits per heavy atom. The molecule has 0 radical (unpaired) electrons. The Morgan fingerprint density at radius 1 is 1.21 bits per heavy atom. The zero-order valence-electron chi connectivity index (χ0n) is 12.9. The number of hydrogen-bond donors (Lipinski definition) is 2. The van der Waals surface area contributed by atoms with Gasteiger partial charge in [-0.25, -0.2) is 4.98 Å². The first-order valence-electron chi connectivity index (χ1n) is 7.27. The van der Waals surface area contributed by atoms with Crippen molar-refractivity contribution in [1.82, 2.24) is 14.9 Å². The second kappa shape index (κ2) is 6.72. The first kappa shape index (κ1) is 16.0. The van der Waals surface area contributed by atoms with E-state index in [4.69, 9.17) is 11.6 Å². The molecule has 0 atom stereocenters. The van der Waals surface area contributed by atoms with Crippen molar-refractivity contribution in [1.29, 1.82) is 0 Å². The number of H-pyrrole nitrogens is 1. The Labute approximate surface area is 143 Å². The summed E-state index contributed by atoms with van der Waals surface area (Å²) in [6.45, 7) is -0.0531. The van der Waals surface area contributed by atoms with Crippen LogP contribution < -0.4 is 5.32 Å². The van der Waals surface area contributed by atoms with Crippen LogP contribution in [-0.4, -0.2) is 40.3 Å². The van der Waals surface area contributed by atoms with Crippen molar-refractivity contribution in [2.75, 3.05) is 18.9 Å². The van der Waals surface area contributed by atoms with Crippen LogP contribution in [0.4, 0.5) is 5.69 Å². The molecule has 0 fully saturated rings. The SMILES string of the molecule is CN(CC(=O)Nc1ccc(Cl)cc1)C(=O)c1ccc2nc[nH]c2c1. The van der Waals surface area contributed by atoms with E-state index in [0.717, 1.165) is 11.0 Å². The van der Waals surface area contributed by atoms with Gasteiger partial charge in [0.25, 0.3) is 5.91 Å². The van der Waals surface area contributed by atoms with Crippen molar-refractivity contribution < 1.29 is 9.59 Å². The van der Waals surface area contributed by atoms with Crippen molar-refractivity contribution >= 4 is 40.1 Å². The second-order valence-corrected chi connectivity index (χ2v) is 5.79. The molecule has 0 spiro atoms. The van der Waals surface area contributed by atoms with Gasteiger partial charge < -0.3 is 15.2 Å². The maximum atomic E-state index is 12.4. The highest BCUT2D eigenvalue weighted by Gasteiger charge is 2.15. The number of benzene rings is 2. The fraction of sp³-hybridized carbons (Fsp3) is 0.118. The molecule has 0 saturated heterocycles. The number of anilines is 1. The minimum Gasteiger partial charge on any atom is -0.345 e. The molecule has 0 aliphatic heterocycles.